The lowest BCUT2D eigenvalue weighted by atomic mass is 10.0. The minimum Gasteiger partial charge on any atom is -1.00 e. The van der Waals surface area contributed by atoms with Gasteiger partial charge >= 0.3 is 0 Å². The molecule has 0 saturated carbocycles. The maximum absolute atomic E-state index is 2.49. The minimum atomic E-state index is -0.525. The minimum absolute atomic E-state index is 0. The van der Waals surface area contributed by atoms with Gasteiger partial charge in [0.25, 0.3) is 0 Å². The fourth-order valence-corrected chi connectivity index (χ4v) is 10.1. The molecule has 0 atom stereocenters. The van der Waals surface area contributed by atoms with E-state index < -0.39 is 7.26 Å². The zero-order valence-corrected chi connectivity index (χ0v) is 41.8. The van der Waals surface area contributed by atoms with Crippen molar-refractivity contribution >= 4 is 7.26 Å². The highest BCUT2D eigenvalue weighted by Crippen LogP contribution is 2.47. The molecule has 0 rings (SSSR count). The standard InChI is InChI=1S/C54H112P.ClH/c1-5-6-7-8-9-10-11-12-13-14-15-16-17-18-19-20-21-22-23-24-25-26-27-28-29-30-31-32-33-34-35-36-37-38-39-40-41-42-43-44-45-46-47-48-49-50-51-52-53-54-55(2,3)4;/h5-54H2,1-4H3;1H/q+1;/p-1. The van der Waals surface area contributed by atoms with Gasteiger partial charge < -0.3 is 12.4 Å². The summed E-state index contributed by atoms with van der Waals surface area (Å²) in [4.78, 5) is 0. The Hall–Kier alpha value is 0.720. The second-order valence-electron chi connectivity index (χ2n) is 20.0. The van der Waals surface area contributed by atoms with Crippen molar-refractivity contribution in [1.82, 2.24) is 0 Å². The summed E-state index contributed by atoms with van der Waals surface area (Å²) in [5.74, 6) is 0. The molecule has 0 fully saturated rings. The molecule has 0 aromatic heterocycles. The van der Waals surface area contributed by atoms with Crippen molar-refractivity contribution in [2.24, 2.45) is 0 Å². The van der Waals surface area contributed by atoms with E-state index in [-0.39, 0.29) is 12.4 Å². The normalized spacial score (nSPS) is 11.8. The lowest BCUT2D eigenvalue weighted by Gasteiger charge is -2.10. The van der Waals surface area contributed by atoms with Gasteiger partial charge in [-0.2, -0.15) is 0 Å². The summed E-state index contributed by atoms with van der Waals surface area (Å²) >= 11 is 0. The van der Waals surface area contributed by atoms with Crippen LogP contribution in [0.25, 0.3) is 0 Å². The van der Waals surface area contributed by atoms with E-state index in [0.29, 0.717) is 0 Å². The van der Waals surface area contributed by atoms with Crippen molar-refractivity contribution in [3.05, 3.63) is 0 Å². The molecule has 0 nitrogen and oxygen atoms in total. The first-order valence-electron chi connectivity index (χ1n) is 26.9. The van der Waals surface area contributed by atoms with Gasteiger partial charge in [-0.3, -0.25) is 0 Å². The number of hydrogen-bond acceptors (Lipinski definition) is 0. The zero-order chi connectivity index (χ0) is 39.9. The fourth-order valence-electron chi connectivity index (χ4n) is 8.97. The monoisotopic (exact) mass is 827 g/mol. The van der Waals surface area contributed by atoms with Gasteiger partial charge in [0.1, 0.15) is 0 Å². The molecule has 0 heterocycles. The Kier molecular flexibility index (Phi) is 54.5. The summed E-state index contributed by atoms with van der Waals surface area (Å²) < 4.78 is 0. The number of unbranched alkanes of at least 4 members (excludes halogenated alkanes) is 48. The molecule has 0 N–H and O–H groups in total. The molecular formula is C54H112ClP. The van der Waals surface area contributed by atoms with Gasteiger partial charge in [0, 0.05) is 27.3 Å². The van der Waals surface area contributed by atoms with Gasteiger partial charge in [0.05, 0.1) is 6.16 Å². The summed E-state index contributed by atoms with van der Waals surface area (Å²) in [7, 11) is -0.525. The summed E-state index contributed by atoms with van der Waals surface area (Å²) in [5.41, 5.74) is 0. The van der Waals surface area contributed by atoms with E-state index in [0.717, 1.165) is 0 Å². The molecule has 0 saturated heterocycles. The second kappa shape index (κ2) is 51.9. The molecule has 0 aromatic carbocycles. The predicted molar refractivity (Wildman–Crippen MR) is 261 cm³/mol. The quantitative estimate of drug-likeness (QED) is 0.0423. The van der Waals surface area contributed by atoms with E-state index in [4.69, 9.17) is 0 Å². The van der Waals surface area contributed by atoms with Crippen LogP contribution in [0.2, 0.25) is 0 Å². The highest BCUT2D eigenvalue weighted by molar-refractivity contribution is 7.73. The SMILES string of the molecule is CCCCCCCCCCCCCCCCCCCCCCCCCCCCCCCCCCCCCCCCCCCCCCCCCCC[P+](C)(C)C.[Cl-]. The van der Waals surface area contributed by atoms with Gasteiger partial charge in [-0.1, -0.05) is 309 Å². The molecule has 0 radical (unpaired) electrons. The molecule has 56 heavy (non-hydrogen) atoms. The van der Waals surface area contributed by atoms with E-state index in [9.17, 15) is 0 Å². The molecule has 2 heteroatoms. The predicted octanol–water partition coefficient (Wildman–Crippen LogP) is 18.0. The number of rotatable bonds is 50. The maximum atomic E-state index is 2.49. The lowest BCUT2D eigenvalue weighted by molar-refractivity contribution is -0.0000124. The van der Waals surface area contributed by atoms with Crippen molar-refractivity contribution in [3.8, 4) is 0 Å². The van der Waals surface area contributed by atoms with Crippen molar-refractivity contribution in [3.63, 3.8) is 0 Å². The smallest absolute Gasteiger partial charge is 0.0586 e. The highest BCUT2D eigenvalue weighted by atomic mass is 35.5. The topological polar surface area (TPSA) is 0 Å². The molecular weight excluding hydrogens is 715 g/mol. The van der Waals surface area contributed by atoms with Crippen LogP contribution in [0.1, 0.15) is 322 Å². The van der Waals surface area contributed by atoms with Gasteiger partial charge in [-0.15, -0.1) is 0 Å². The fraction of sp³-hybridized carbons (Fsp3) is 1.00. The van der Waals surface area contributed by atoms with Gasteiger partial charge in [0.15, 0.2) is 0 Å². The molecule has 0 aliphatic rings. The van der Waals surface area contributed by atoms with Crippen LogP contribution in [0.4, 0.5) is 0 Å². The van der Waals surface area contributed by atoms with Crippen LogP contribution < -0.4 is 12.4 Å². The van der Waals surface area contributed by atoms with Crippen LogP contribution in [0.3, 0.4) is 0 Å². The Morgan fingerprint density at radius 3 is 0.393 bits per heavy atom. The first-order valence-corrected chi connectivity index (χ1v) is 30.2. The Morgan fingerprint density at radius 1 is 0.179 bits per heavy atom. The molecule has 0 bridgehead atoms. The molecule has 0 unspecified atom stereocenters. The summed E-state index contributed by atoms with van der Waals surface area (Å²) in [6, 6.07) is 0. The second-order valence-corrected chi connectivity index (χ2v) is 25.0. The van der Waals surface area contributed by atoms with Crippen molar-refractivity contribution in [2.75, 3.05) is 26.2 Å². The van der Waals surface area contributed by atoms with Crippen LogP contribution in [0, 0.1) is 0 Å². The Balaban J connectivity index is 0. The van der Waals surface area contributed by atoms with Gasteiger partial charge in [-0.25, -0.2) is 0 Å². The van der Waals surface area contributed by atoms with Crippen molar-refractivity contribution in [2.45, 2.75) is 322 Å². The molecule has 0 aliphatic heterocycles. The number of hydrogen-bond donors (Lipinski definition) is 0. The van der Waals surface area contributed by atoms with Gasteiger partial charge in [-0.05, 0) is 12.8 Å². The number of halogens is 1. The lowest BCUT2D eigenvalue weighted by Crippen LogP contribution is -3.00. The Bertz CT molecular complexity index is 655. The molecule has 0 aromatic rings. The van der Waals surface area contributed by atoms with Crippen LogP contribution in [0.15, 0.2) is 0 Å². The van der Waals surface area contributed by atoms with Crippen molar-refractivity contribution < 1.29 is 12.4 Å². The molecule has 0 amide bonds. The average molecular weight is 828 g/mol. The first-order chi connectivity index (χ1) is 27.1. The van der Waals surface area contributed by atoms with E-state index in [1.165, 1.54) is 321 Å². The largest absolute Gasteiger partial charge is 1.00 e. The third-order valence-corrected chi connectivity index (χ3v) is 14.6. The molecule has 340 valence electrons. The van der Waals surface area contributed by atoms with E-state index in [1.54, 1.807) is 0 Å². The van der Waals surface area contributed by atoms with E-state index in [1.807, 2.05) is 0 Å². The van der Waals surface area contributed by atoms with Crippen LogP contribution >= 0.6 is 7.26 Å². The third kappa shape index (κ3) is 56.8. The highest BCUT2D eigenvalue weighted by Gasteiger charge is 2.15. The Morgan fingerprint density at radius 2 is 0.286 bits per heavy atom. The van der Waals surface area contributed by atoms with Crippen LogP contribution in [0.5, 0.6) is 0 Å². The van der Waals surface area contributed by atoms with Crippen LogP contribution in [-0.4, -0.2) is 26.2 Å². The summed E-state index contributed by atoms with van der Waals surface area (Å²) in [5, 5.41) is 0. The van der Waals surface area contributed by atoms with Crippen molar-refractivity contribution in [1.29, 1.82) is 0 Å². The Labute approximate surface area is 365 Å². The van der Waals surface area contributed by atoms with E-state index in [2.05, 4.69) is 26.9 Å². The first kappa shape index (κ1) is 58.8. The van der Waals surface area contributed by atoms with Crippen LogP contribution in [-0.2, 0) is 0 Å². The molecule has 0 spiro atoms. The average Bonchev–Trinajstić information content (AvgIpc) is 3.17. The zero-order valence-electron chi connectivity index (χ0n) is 40.2. The van der Waals surface area contributed by atoms with Gasteiger partial charge in [0.2, 0.25) is 0 Å². The van der Waals surface area contributed by atoms with E-state index >= 15 is 0 Å². The maximum Gasteiger partial charge on any atom is 0.0586 e. The summed E-state index contributed by atoms with van der Waals surface area (Å²) in [6.07, 6.45) is 74.6. The third-order valence-electron chi connectivity index (χ3n) is 12.9. The molecule has 0 aliphatic carbocycles. The summed E-state index contributed by atoms with van der Waals surface area (Å²) in [6.45, 7) is 9.77.